The van der Waals surface area contributed by atoms with Crippen LogP contribution in [0.1, 0.15) is 18.1 Å². The number of allylic oxidation sites excluding steroid dienone is 1. The van der Waals surface area contributed by atoms with Crippen LogP contribution in [0.3, 0.4) is 0 Å². The number of benzene rings is 9. The van der Waals surface area contributed by atoms with Crippen LogP contribution in [0.5, 0.6) is 0 Å². The zero-order chi connectivity index (χ0) is 46.0. The fourth-order valence-electron chi connectivity index (χ4n) is 11.6. The van der Waals surface area contributed by atoms with E-state index in [0.29, 0.717) is 0 Å². The zero-order valence-corrected chi connectivity index (χ0v) is 41.8. The van der Waals surface area contributed by atoms with E-state index in [1.807, 2.05) is 0 Å². The first-order valence-corrected chi connectivity index (χ1v) is 29.9. The molecule has 12 rings (SSSR count). The summed E-state index contributed by atoms with van der Waals surface area (Å²) < 4.78 is 0. The number of hydrogen-bond acceptors (Lipinski definition) is 3. The summed E-state index contributed by atoms with van der Waals surface area (Å²) in [6, 6.07) is 84.3. The van der Waals surface area contributed by atoms with E-state index >= 15 is 0 Å². The Morgan fingerprint density at radius 2 is 1.13 bits per heavy atom. The van der Waals surface area contributed by atoms with Gasteiger partial charge in [0.15, 0.2) is 0 Å². The predicted octanol–water partition coefficient (Wildman–Crippen LogP) is 12.0. The molecule has 2 aliphatic heterocycles. The minimum atomic E-state index is -1.58. The van der Waals surface area contributed by atoms with E-state index < -0.39 is 12.5 Å². The van der Waals surface area contributed by atoms with Gasteiger partial charge in [-0.3, -0.25) is 0 Å². The monoisotopic (exact) mass is 1010 g/mol. The van der Waals surface area contributed by atoms with Crippen molar-refractivity contribution in [3.05, 3.63) is 259 Å². The van der Waals surface area contributed by atoms with Crippen molar-refractivity contribution in [1.29, 1.82) is 0 Å². The van der Waals surface area contributed by atoms with Crippen molar-refractivity contribution in [3.63, 3.8) is 0 Å². The van der Waals surface area contributed by atoms with Crippen molar-refractivity contribution in [2.45, 2.75) is 46.8 Å². The molecular formula is C62H52BIN3S-. The molecule has 0 radical (unpaired) electrons. The van der Waals surface area contributed by atoms with E-state index in [1.165, 1.54) is 70.3 Å². The molecule has 0 spiro atoms. The standard InChI is InChI=1S/C62H52BIN3S/c1-44-34-38-57(45(2)40-44)67-58-39-36-53(68(64-4,51-29-16-8-17-30-51)52-31-18-9-19-32-52)43-56(58)63-55-37-35-46-22-20-21-33-54(46)61(55)66(49-27-14-7-15-28-49)59-41-50(42-60(67)62(59,63)3)65(47-23-10-5-11-24-47)48-25-12-6-13-26-48/h5-43,60H,1-4H3/q-1. The predicted molar refractivity (Wildman–Crippen MR) is 287 cm³/mol. The maximum absolute atomic E-state index is 2.73. The van der Waals surface area contributed by atoms with E-state index in [-0.39, 0.29) is 32.6 Å². The molecule has 0 fully saturated rings. The Morgan fingerprint density at radius 3 is 1.75 bits per heavy atom. The van der Waals surface area contributed by atoms with Gasteiger partial charge in [-0.2, -0.15) is 0 Å². The first-order valence-electron chi connectivity index (χ1n) is 23.6. The Balaban J connectivity index is 1.23. The third-order valence-electron chi connectivity index (χ3n) is 14.5. The van der Waals surface area contributed by atoms with Gasteiger partial charge < -0.3 is 0 Å². The second-order valence-corrected chi connectivity index (χ2v) is 27.8. The molecule has 2 atom stereocenters. The van der Waals surface area contributed by atoms with E-state index in [2.05, 4.69) is 277 Å². The van der Waals surface area contributed by atoms with E-state index in [4.69, 9.17) is 0 Å². The molecule has 0 saturated heterocycles. The first kappa shape index (κ1) is 42.6. The van der Waals surface area contributed by atoms with Crippen LogP contribution >= 0.6 is 7.20 Å². The molecule has 3 aliphatic rings. The van der Waals surface area contributed by atoms with Gasteiger partial charge in [0.25, 0.3) is 0 Å². The van der Waals surface area contributed by atoms with Gasteiger partial charge in [0.1, 0.15) is 0 Å². The van der Waals surface area contributed by atoms with Gasteiger partial charge in [-0.25, -0.2) is 0 Å². The first-order chi connectivity index (χ1) is 33.4. The summed E-state index contributed by atoms with van der Waals surface area (Å²) in [4.78, 5) is 14.6. The number of hydrogen-bond donors (Lipinski definition) is 0. The number of halogens is 1. The van der Waals surface area contributed by atoms with Crippen LogP contribution in [-0.4, -0.2) is 17.7 Å². The summed E-state index contributed by atoms with van der Waals surface area (Å²) in [6.45, 7) is 7.10. The maximum atomic E-state index is 2.73. The molecule has 0 bridgehead atoms. The van der Waals surface area contributed by atoms with Gasteiger partial charge >= 0.3 is 379 Å². The van der Waals surface area contributed by atoms with Gasteiger partial charge in [-0.15, -0.1) is 0 Å². The van der Waals surface area contributed by atoms with Gasteiger partial charge in [0, 0.05) is 0 Å². The summed E-state index contributed by atoms with van der Waals surface area (Å²) in [5.41, 5.74) is 14.9. The molecule has 0 aromatic heterocycles. The number of para-hydroxylation sites is 3. The molecule has 68 heavy (non-hydrogen) atoms. The Kier molecular flexibility index (Phi) is 10.7. The summed E-state index contributed by atoms with van der Waals surface area (Å²) in [6.07, 6.45) is 5.14. The number of anilines is 6. The number of nitrogens with zero attached hydrogens (tertiary/aromatic N) is 3. The van der Waals surface area contributed by atoms with E-state index in [9.17, 15) is 0 Å². The molecule has 3 nitrogen and oxygen atoms in total. The molecule has 9 aromatic carbocycles. The minimum absolute atomic E-state index is 0.00803. The molecule has 1 aliphatic carbocycles. The Bertz CT molecular complexity index is 3320. The van der Waals surface area contributed by atoms with Crippen LogP contribution in [0.15, 0.2) is 263 Å². The number of aryl methyl sites for hydroxylation is 2. The fourth-order valence-corrected chi connectivity index (χ4v) is 21.7. The second-order valence-electron chi connectivity index (χ2n) is 18.4. The Hall–Kier alpha value is -6.74. The third kappa shape index (κ3) is 6.63. The van der Waals surface area contributed by atoms with Gasteiger partial charge in [-0.05, 0) is 0 Å². The summed E-state index contributed by atoms with van der Waals surface area (Å²) in [5.74, 6) is 0. The van der Waals surface area contributed by atoms with Crippen molar-refractivity contribution < 1.29 is 19.8 Å². The van der Waals surface area contributed by atoms with Crippen LogP contribution in [0.2, 0.25) is 5.31 Å². The van der Waals surface area contributed by atoms with Crippen molar-refractivity contribution in [2.75, 3.05) is 19.6 Å². The van der Waals surface area contributed by atoms with Crippen molar-refractivity contribution in [3.8, 4) is 0 Å². The summed E-state index contributed by atoms with van der Waals surface area (Å²) in [7, 11) is -1.58. The van der Waals surface area contributed by atoms with E-state index in [1.54, 1.807) is 0 Å². The molecule has 6 heteroatoms. The van der Waals surface area contributed by atoms with Gasteiger partial charge in [-0.1, -0.05) is 36.4 Å². The van der Waals surface area contributed by atoms with Crippen molar-refractivity contribution >= 4 is 69.7 Å². The average molecular weight is 1010 g/mol. The van der Waals surface area contributed by atoms with Crippen LogP contribution < -0.4 is 45.4 Å². The SMILES string of the molecule is C[I-]S(c1ccccc1)(c1ccccc1)c1ccc2c(c1)B1c3ccc4ccccc4c3N(c3ccccc3)C3=CC(N(c4ccccc4)c4ccccc4)=CC(N2c2ccc(C)cc2C)C13C. The molecule has 2 heterocycles. The van der Waals surface area contributed by atoms with E-state index in [0.717, 1.165) is 22.8 Å². The second kappa shape index (κ2) is 17.1. The number of fused-ring (bicyclic) bond motifs is 6. The Labute approximate surface area is 412 Å². The van der Waals surface area contributed by atoms with Crippen LogP contribution in [0.25, 0.3) is 10.8 Å². The zero-order valence-electron chi connectivity index (χ0n) is 38.8. The summed E-state index contributed by atoms with van der Waals surface area (Å²) in [5, 5.41) is 2.04. The van der Waals surface area contributed by atoms with Crippen molar-refractivity contribution in [2.24, 2.45) is 0 Å². The number of alkyl halides is 1. The summed E-state index contributed by atoms with van der Waals surface area (Å²) >= 11 is -0.343. The van der Waals surface area contributed by atoms with Gasteiger partial charge in [0.05, 0.1) is 0 Å². The Morgan fingerprint density at radius 1 is 0.559 bits per heavy atom. The topological polar surface area (TPSA) is 9.72 Å². The molecule has 332 valence electrons. The molecule has 2 unspecified atom stereocenters. The number of rotatable bonds is 9. The van der Waals surface area contributed by atoms with Gasteiger partial charge in [0.2, 0.25) is 0 Å². The molecule has 9 aromatic rings. The van der Waals surface area contributed by atoms with Crippen molar-refractivity contribution in [1.82, 2.24) is 0 Å². The molecule has 0 amide bonds. The molecular weight excluding hydrogens is 956 g/mol. The normalized spacial score (nSPS) is 17.5. The fraction of sp³-hybridized carbons (Fsp3) is 0.0968. The van der Waals surface area contributed by atoms with Crippen LogP contribution in [0, 0.1) is 13.8 Å². The van der Waals surface area contributed by atoms with Crippen LogP contribution in [-0.2, 0) is 0 Å². The average Bonchev–Trinajstić information content (AvgIpc) is 3.38. The van der Waals surface area contributed by atoms with Crippen LogP contribution in [0.4, 0.5) is 34.1 Å². The quantitative estimate of drug-likeness (QED) is 0.0810. The molecule has 0 N–H and O–H groups in total. The molecule has 0 saturated carbocycles. The third-order valence-corrected chi connectivity index (χ3v) is 26.3.